The molecule has 0 bridgehead atoms. The zero-order valence-corrected chi connectivity index (χ0v) is 13.4. The Labute approximate surface area is 139 Å². The molecule has 0 spiro atoms. The van der Waals surface area contributed by atoms with Crippen molar-refractivity contribution in [1.82, 2.24) is 0 Å². The first-order valence-electron chi connectivity index (χ1n) is 8.08. The molecule has 0 fully saturated rings. The van der Waals surface area contributed by atoms with Gasteiger partial charge in [-0.2, -0.15) is 13.2 Å². The Bertz CT molecular complexity index is 701. The normalized spacial score (nSPS) is 23.4. The van der Waals surface area contributed by atoms with Crippen LogP contribution in [0.4, 0.5) is 18.9 Å². The Hall–Kier alpha value is -2.01. The van der Waals surface area contributed by atoms with E-state index in [1.165, 1.54) is 6.07 Å². The summed E-state index contributed by atoms with van der Waals surface area (Å²) in [5.74, 6) is 0. The van der Waals surface area contributed by atoms with Crippen LogP contribution in [0, 0.1) is 0 Å². The average Bonchev–Trinajstić information content (AvgIpc) is 2.83. The summed E-state index contributed by atoms with van der Waals surface area (Å²) in [5, 5.41) is 10.8. The molecule has 3 rings (SSSR count). The fourth-order valence-electron chi connectivity index (χ4n) is 3.66. The van der Waals surface area contributed by atoms with Gasteiger partial charge >= 0.3 is 6.18 Å². The Morgan fingerprint density at radius 2 is 1.67 bits per heavy atom. The number of likely N-dealkylation sites (N-methyl/N-ethyl adjacent to an activating group) is 1. The molecule has 0 saturated heterocycles. The summed E-state index contributed by atoms with van der Waals surface area (Å²) in [5.41, 5.74) is -1.45. The maximum atomic E-state index is 13.8. The van der Waals surface area contributed by atoms with Gasteiger partial charge < -0.3 is 10.0 Å². The molecule has 0 radical (unpaired) electrons. The number of hydrogen-bond donors (Lipinski definition) is 1. The first kappa shape index (κ1) is 16.8. The largest absolute Gasteiger partial charge is 0.423 e. The summed E-state index contributed by atoms with van der Waals surface area (Å²) in [7, 11) is 0. The molecule has 2 atom stereocenters. The number of aliphatic hydroxyl groups is 1. The Morgan fingerprint density at radius 1 is 1.04 bits per heavy atom. The van der Waals surface area contributed by atoms with E-state index in [0.717, 1.165) is 5.56 Å². The van der Waals surface area contributed by atoms with Crippen LogP contribution in [0.25, 0.3) is 0 Å². The lowest BCUT2D eigenvalue weighted by atomic mass is 9.85. The number of aryl methyl sites for hydroxylation is 1. The van der Waals surface area contributed by atoms with Crippen molar-refractivity contribution in [3.8, 4) is 0 Å². The molecule has 1 aliphatic heterocycles. The van der Waals surface area contributed by atoms with Gasteiger partial charge in [0.15, 0.2) is 0 Å². The molecule has 2 nitrogen and oxygen atoms in total. The van der Waals surface area contributed by atoms with Gasteiger partial charge in [-0.1, -0.05) is 48.5 Å². The van der Waals surface area contributed by atoms with Crippen LogP contribution in [0.3, 0.4) is 0 Å². The van der Waals surface area contributed by atoms with Gasteiger partial charge in [0, 0.05) is 17.8 Å². The van der Waals surface area contributed by atoms with Crippen LogP contribution < -0.4 is 4.90 Å². The second-order valence-corrected chi connectivity index (χ2v) is 6.11. The quantitative estimate of drug-likeness (QED) is 0.901. The predicted molar refractivity (Wildman–Crippen MR) is 88.0 cm³/mol. The minimum Gasteiger partial charge on any atom is -0.375 e. The molecule has 5 heteroatoms. The smallest absolute Gasteiger partial charge is 0.375 e. The van der Waals surface area contributed by atoms with Crippen LogP contribution in [-0.2, 0) is 12.0 Å². The fourth-order valence-corrected chi connectivity index (χ4v) is 3.66. The minimum absolute atomic E-state index is 0.0441. The van der Waals surface area contributed by atoms with Gasteiger partial charge in [0.05, 0.1) is 6.04 Å². The van der Waals surface area contributed by atoms with Crippen molar-refractivity contribution in [2.75, 3.05) is 11.4 Å². The fraction of sp³-hybridized carbons (Fsp3) is 0.368. The van der Waals surface area contributed by atoms with E-state index in [4.69, 9.17) is 0 Å². The number of halogens is 3. The number of fused-ring (bicyclic) bond motifs is 1. The van der Waals surface area contributed by atoms with Crippen LogP contribution in [-0.4, -0.2) is 23.9 Å². The van der Waals surface area contributed by atoms with E-state index in [9.17, 15) is 18.3 Å². The van der Waals surface area contributed by atoms with Crippen molar-refractivity contribution in [2.24, 2.45) is 0 Å². The summed E-state index contributed by atoms with van der Waals surface area (Å²) >= 11 is 0. The van der Waals surface area contributed by atoms with Crippen LogP contribution in [0.1, 0.15) is 24.5 Å². The second-order valence-electron chi connectivity index (χ2n) is 6.11. The van der Waals surface area contributed by atoms with Crippen LogP contribution >= 0.6 is 0 Å². The number of benzene rings is 2. The molecule has 1 heterocycles. The van der Waals surface area contributed by atoms with E-state index >= 15 is 0 Å². The third-order valence-electron chi connectivity index (χ3n) is 4.80. The van der Waals surface area contributed by atoms with E-state index in [1.807, 2.05) is 37.3 Å². The number of para-hydroxylation sites is 1. The van der Waals surface area contributed by atoms with Crippen LogP contribution in [0.15, 0.2) is 54.6 Å². The first-order chi connectivity index (χ1) is 11.4. The van der Waals surface area contributed by atoms with Gasteiger partial charge in [-0.25, -0.2) is 0 Å². The van der Waals surface area contributed by atoms with E-state index in [1.54, 1.807) is 23.1 Å². The Morgan fingerprint density at radius 3 is 2.29 bits per heavy atom. The maximum Gasteiger partial charge on any atom is 0.423 e. The maximum absolute atomic E-state index is 13.8. The van der Waals surface area contributed by atoms with E-state index < -0.39 is 17.8 Å². The van der Waals surface area contributed by atoms with Gasteiger partial charge in [-0.3, -0.25) is 0 Å². The van der Waals surface area contributed by atoms with E-state index in [2.05, 4.69) is 0 Å². The lowest BCUT2D eigenvalue weighted by molar-refractivity contribution is -0.271. The van der Waals surface area contributed by atoms with Crippen molar-refractivity contribution in [3.63, 3.8) is 0 Å². The number of alkyl halides is 3. The Balaban J connectivity index is 1.99. The van der Waals surface area contributed by atoms with Crippen molar-refractivity contribution in [3.05, 3.63) is 65.7 Å². The lowest BCUT2D eigenvalue weighted by Crippen LogP contribution is -2.54. The van der Waals surface area contributed by atoms with Gasteiger partial charge in [0.1, 0.15) is 0 Å². The third kappa shape index (κ3) is 2.57. The standard InChI is InChI=1S/C19H20F3NO/c1-2-23-16-11-7-6-10-15(16)18(24,19(20,21)22)17(23)13-12-14-8-4-3-5-9-14/h3-11,17,24H,2,12-13H2,1H3/t17-,18+/m1/s1. The zero-order chi connectivity index (χ0) is 17.4. The van der Waals surface area contributed by atoms with Crippen molar-refractivity contribution in [1.29, 1.82) is 0 Å². The van der Waals surface area contributed by atoms with Gasteiger partial charge in [0.2, 0.25) is 5.60 Å². The molecule has 0 aromatic heterocycles. The van der Waals surface area contributed by atoms with Gasteiger partial charge in [0.25, 0.3) is 0 Å². The molecule has 24 heavy (non-hydrogen) atoms. The molecule has 0 unspecified atom stereocenters. The lowest BCUT2D eigenvalue weighted by Gasteiger charge is -2.36. The Kier molecular flexibility index (Phi) is 4.30. The average molecular weight is 335 g/mol. The number of anilines is 1. The third-order valence-corrected chi connectivity index (χ3v) is 4.80. The topological polar surface area (TPSA) is 23.5 Å². The zero-order valence-electron chi connectivity index (χ0n) is 13.4. The predicted octanol–water partition coefficient (Wildman–Crippen LogP) is 4.28. The van der Waals surface area contributed by atoms with Gasteiger partial charge in [-0.05, 0) is 31.4 Å². The second kappa shape index (κ2) is 6.13. The van der Waals surface area contributed by atoms with Crippen LogP contribution in [0.2, 0.25) is 0 Å². The number of nitrogens with zero attached hydrogens (tertiary/aromatic N) is 1. The highest BCUT2D eigenvalue weighted by molar-refractivity contribution is 5.64. The summed E-state index contributed by atoms with van der Waals surface area (Å²) in [4.78, 5) is 1.67. The number of hydrogen-bond acceptors (Lipinski definition) is 2. The summed E-state index contributed by atoms with van der Waals surface area (Å²) < 4.78 is 41.5. The SMILES string of the molecule is CCN1c2ccccc2[C@@](O)(C(F)(F)F)[C@H]1CCc1ccccc1. The van der Waals surface area contributed by atoms with E-state index in [0.29, 0.717) is 18.7 Å². The number of rotatable bonds is 4. The molecular weight excluding hydrogens is 315 g/mol. The molecule has 0 aliphatic carbocycles. The first-order valence-corrected chi connectivity index (χ1v) is 8.08. The minimum atomic E-state index is -4.73. The summed E-state index contributed by atoms with van der Waals surface area (Å²) in [6.45, 7) is 2.23. The molecule has 128 valence electrons. The highest BCUT2D eigenvalue weighted by Gasteiger charge is 2.65. The molecule has 2 aromatic carbocycles. The summed E-state index contributed by atoms with van der Waals surface area (Å²) in [6.07, 6.45) is -4.02. The highest BCUT2D eigenvalue weighted by Crippen LogP contribution is 2.53. The van der Waals surface area contributed by atoms with Crippen molar-refractivity contribution < 1.29 is 18.3 Å². The highest BCUT2D eigenvalue weighted by atomic mass is 19.4. The summed E-state index contributed by atoms with van der Waals surface area (Å²) in [6, 6.07) is 14.7. The molecule has 1 N–H and O–H groups in total. The molecular formula is C19H20F3NO. The molecule has 0 saturated carbocycles. The molecule has 0 amide bonds. The monoisotopic (exact) mass is 335 g/mol. The van der Waals surface area contributed by atoms with Crippen LogP contribution in [0.5, 0.6) is 0 Å². The molecule has 2 aromatic rings. The van der Waals surface area contributed by atoms with E-state index in [-0.39, 0.29) is 12.0 Å². The van der Waals surface area contributed by atoms with Gasteiger partial charge in [-0.15, -0.1) is 0 Å². The molecule has 1 aliphatic rings. The van der Waals surface area contributed by atoms with Crippen molar-refractivity contribution >= 4 is 5.69 Å². The van der Waals surface area contributed by atoms with Crippen molar-refractivity contribution in [2.45, 2.75) is 37.6 Å².